The minimum absolute atomic E-state index is 0.498. The second kappa shape index (κ2) is 9.07. The molecule has 0 spiro atoms. The van der Waals surface area contributed by atoms with Crippen molar-refractivity contribution in [3.8, 4) is 0 Å². The Labute approximate surface area is 131 Å². The molecular weight excluding hydrogens is 316 g/mol. The van der Waals surface area contributed by atoms with Crippen LogP contribution in [0.3, 0.4) is 0 Å². The lowest BCUT2D eigenvalue weighted by atomic mass is 9.83. The van der Waals surface area contributed by atoms with Crippen molar-refractivity contribution in [2.45, 2.75) is 52.2 Å². The summed E-state index contributed by atoms with van der Waals surface area (Å²) in [5.41, 5.74) is 3.33. The van der Waals surface area contributed by atoms with Gasteiger partial charge < -0.3 is 0 Å². The summed E-state index contributed by atoms with van der Waals surface area (Å²) in [6.45, 7) is 6.78. The van der Waals surface area contributed by atoms with Gasteiger partial charge in [0.05, 0.1) is 0 Å². The van der Waals surface area contributed by atoms with Crippen LogP contribution < -0.4 is 0 Å². The highest BCUT2D eigenvalue weighted by molar-refractivity contribution is 9.09. The van der Waals surface area contributed by atoms with E-state index in [1.165, 1.54) is 42.6 Å². The molecule has 1 aromatic carbocycles. The molecule has 0 saturated heterocycles. The van der Waals surface area contributed by atoms with E-state index in [2.05, 4.69) is 72.7 Å². The molecule has 2 heteroatoms. The average Bonchev–Trinajstić information content (AvgIpc) is 2.39. The van der Waals surface area contributed by atoms with Gasteiger partial charge in [-0.05, 0) is 30.7 Å². The molecule has 0 unspecified atom stereocenters. The molecule has 0 saturated carbocycles. The summed E-state index contributed by atoms with van der Waals surface area (Å²) in [6, 6.07) is 8.89. The Bertz CT molecular complexity index is 356. The Hall–Kier alpha value is 0.0500. The third kappa shape index (κ3) is 5.91. The first kappa shape index (κ1) is 17.1. The highest BCUT2D eigenvalue weighted by Gasteiger charge is 2.26. The van der Waals surface area contributed by atoms with Gasteiger partial charge in [0.15, 0.2) is 0 Å². The highest BCUT2D eigenvalue weighted by atomic mass is 79.9. The van der Waals surface area contributed by atoms with Gasteiger partial charge in [0, 0.05) is 16.8 Å². The molecule has 0 nitrogen and oxygen atoms in total. The fraction of sp³-hybridized carbons (Fsp3) is 0.647. The third-order valence-corrected chi connectivity index (χ3v) is 6.15. The van der Waals surface area contributed by atoms with Crippen molar-refractivity contribution < 1.29 is 0 Å². The first-order valence-corrected chi connectivity index (χ1v) is 9.62. The van der Waals surface area contributed by atoms with Gasteiger partial charge in [0.25, 0.3) is 0 Å². The van der Waals surface area contributed by atoms with Crippen molar-refractivity contribution in [1.82, 2.24) is 0 Å². The molecule has 0 bridgehead atoms. The summed E-state index contributed by atoms with van der Waals surface area (Å²) in [6.07, 6.45) is 5.26. The quantitative estimate of drug-likeness (QED) is 0.480. The smallest absolute Gasteiger partial charge is 0.0184 e. The largest absolute Gasteiger partial charge is 0.157 e. The Morgan fingerprint density at radius 2 is 1.84 bits per heavy atom. The molecule has 0 aromatic heterocycles. The monoisotopic (exact) mass is 342 g/mol. The molecule has 1 aromatic rings. The van der Waals surface area contributed by atoms with Crippen molar-refractivity contribution in [3.63, 3.8) is 0 Å². The molecule has 108 valence electrons. The van der Waals surface area contributed by atoms with Crippen LogP contribution >= 0.6 is 27.7 Å². The van der Waals surface area contributed by atoms with E-state index in [1.54, 1.807) is 0 Å². The number of alkyl halides is 1. The molecule has 0 fully saturated rings. The zero-order valence-electron chi connectivity index (χ0n) is 12.5. The normalized spacial score (nSPS) is 11.8. The average molecular weight is 343 g/mol. The van der Waals surface area contributed by atoms with E-state index < -0.39 is 0 Å². The summed E-state index contributed by atoms with van der Waals surface area (Å²) >= 11 is 5.86. The van der Waals surface area contributed by atoms with Gasteiger partial charge in [-0.3, -0.25) is 0 Å². The Balaban J connectivity index is 2.51. The summed E-state index contributed by atoms with van der Waals surface area (Å²) in [7, 11) is 0. The maximum Gasteiger partial charge on any atom is 0.0184 e. The van der Waals surface area contributed by atoms with E-state index in [-0.39, 0.29) is 0 Å². The molecule has 0 aliphatic rings. The Morgan fingerprint density at radius 3 is 2.37 bits per heavy atom. The number of thioether (sulfide) groups is 1. The van der Waals surface area contributed by atoms with E-state index in [4.69, 9.17) is 0 Å². The van der Waals surface area contributed by atoms with Gasteiger partial charge >= 0.3 is 0 Å². The Morgan fingerprint density at radius 1 is 1.16 bits per heavy atom. The van der Waals surface area contributed by atoms with Gasteiger partial charge in [-0.15, -0.1) is 0 Å². The summed E-state index contributed by atoms with van der Waals surface area (Å²) in [5, 5.41) is 1.14. The summed E-state index contributed by atoms with van der Waals surface area (Å²) in [5.74, 6) is 2.41. The maximum atomic E-state index is 3.76. The van der Waals surface area contributed by atoms with Crippen LogP contribution in [-0.4, -0.2) is 11.1 Å². The predicted molar refractivity (Wildman–Crippen MR) is 93.4 cm³/mol. The van der Waals surface area contributed by atoms with Crippen molar-refractivity contribution >= 4 is 27.7 Å². The van der Waals surface area contributed by atoms with Crippen LogP contribution in [0.5, 0.6) is 0 Å². The fourth-order valence-electron chi connectivity index (χ4n) is 2.69. The van der Waals surface area contributed by atoms with Crippen LogP contribution in [0.1, 0.15) is 50.7 Å². The highest BCUT2D eigenvalue weighted by Crippen LogP contribution is 2.36. The zero-order chi connectivity index (χ0) is 14.1. The Kier molecular flexibility index (Phi) is 8.17. The van der Waals surface area contributed by atoms with Crippen LogP contribution in [0.2, 0.25) is 0 Å². The third-order valence-electron chi connectivity index (χ3n) is 3.60. The maximum absolute atomic E-state index is 3.76. The fourth-order valence-corrected chi connectivity index (χ4v) is 5.05. The van der Waals surface area contributed by atoms with Crippen LogP contribution in [0, 0.1) is 12.3 Å². The first-order valence-electron chi connectivity index (χ1n) is 7.35. The van der Waals surface area contributed by atoms with E-state index >= 15 is 0 Å². The lowest BCUT2D eigenvalue weighted by Gasteiger charge is -2.31. The number of aryl methyl sites for hydroxylation is 1. The number of benzene rings is 1. The first-order chi connectivity index (χ1) is 9.15. The topological polar surface area (TPSA) is 0 Å². The van der Waals surface area contributed by atoms with E-state index in [1.807, 2.05) is 0 Å². The number of hydrogen-bond acceptors (Lipinski definition) is 1. The molecule has 0 aliphatic carbocycles. The second-order valence-electron chi connectivity index (χ2n) is 5.62. The molecule has 0 amide bonds. The number of hydrogen-bond donors (Lipinski definition) is 0. The van der Waals surface area contributed by atoms with Crippen LogP contribution in [0.4, 0.5) is 0 Å². The lowest BCUT2D eigenvalue weighted by molar-refractivity contribution is 0.320. The van der Waals surface area contributed by atoms with Crippen molar-refractivity contribution in [2.24, 2.45) is 5.41 Å². The van der Waals surface area contributed by atoms with Gasteiger partial charge in [-0.25, -0.2) is 0 Å². The van der Waals surface area contributed by atoms with Gasteiger partial charge in [-0.2, -0.15) is 11.8 Å². The minimum atomic E-state index is 0.498. The molecule has 0 N–H and O–H groups in total. The molecule has 0 radical (unpaired) electrons. The van der Waals surface area contributed by atoms with E-state index in [0.717, 1.165) is 11.1 Å². The molecular formula is C17H27BrS. The van der Waals surface area contributed by atoms with E-state index in [9.17, 15) is 0 Å². The second-order valence-corrected chi connectivity index (χ2v) is 7.16. The van der Waals surface area contributed by atoms with Crippen LogP contribution in [0.15, 0.2) is 24.3 Å². The minimum Gasteiger partial charge on any atom is -0.157 e. The van der Waals surface area contributed by atoms with Crippen molar-refractivity contribution in [1.29, 1.82) is 0 Å². The number of halogens is 1. The molecule has 0 aliphatic heterocycles. The van der Waals surface area contributed by atoms with Crippen molar-refractivity contribution in [3.05, 3.63) is 35.4 Å². The van der Waals surface area contributed by atoms with Gasteiger partial charge in [-0.1, -0.05) is 72.4 Å². The zero-order valence-corrected chi connectivity index (χ0v) is 14.9. The molecule has 0 heterocycles. The summed E-state index contributed by atoms with van der Waals surface area (Å²) < 4.78 is 0. The van der Waals surface area contributed by atoms with Gasteiger partial charge in [0.2, 0.25) is 0 Å². The van der Waals surface area contributed by atoms with Crippen LogP contribution in [-0.2, 0) is 5.75 Å². The van der Waals surface area contributed by atoms with E-state index in [0.29, 0.717) is 5.41 Å². The molecule has 19 heavy (non-hydrogen) atoms. The predicted octanol–water partition coefficient (Wildman–Crippen LogP) is 6.21. The molecule has 1 rings (SSSR count). The molecule has 0 atom stereocenters. The standard InChI is InChI=1S/C17H27BrS/c1-4-9-17(13-18,10-5-2)14-19-12-16-8-6-7-15(3)11-16/h6-8,11H,4-5,9-10,12-14H2,1-3H3. The SMILES string of the molecule is CCCC(CBr)(CCC)CSCc1cccc(C)c1. The van der Waals surface area contributed by atoms with Gasteiger partial charge in [0.1, 0.15) is 0 Å². The van der Waals surface area contributed by atoms with Crippen LogP contribution in [0.25, 0.3) is 0 Å². The van der Waals surface area contributed by atoms with Crippen molar-refractivity contribution in [2.75, 3.05) is 11.1 Å². The number of rotatable bonds is 9. The lowest BCUT2D eigenvalue weighted by Crippen LogP contribution is -2.25. The summed E-state index contributed by atoms with van der Waals surface area (Å²) in [4.78, 5) is 0.